The molecule has 6 nitrogen and oxygen atoms in total. The number of hydrogen-bond donors (Lipinski definition) is 2. The van der Waals surface area contributed by atoms with E-state index < -0.39 is 5.97 Å². The Morgan fingerprint density at radius 3 is 2.95 bits per heavy atom. The standard InChI is InChI=1S/C14H15N3O3/c1-2-12-16-10-4-3-8(14(19)20)5-11(10)17(12)9-6-13(18)15-7-9/h3-5,9H,2,6-7H2,1H3,(H,15,18)(H,19,20). The quantitative estimate of drug-likeness (QED) is 0.884. The predicted molar refractivity (Wildman–Crippen MR) is 72.7 cm³/mol. The Morgan fingerprint density at radius 1 is 1.55 bits per heavy atom. The minimum absolute atomic E-state index is 0.00601. The van der Waals surface area contributed by atoms with Crippen LogP contribution in [0.15, 0.2) is 18.2 Å². The summed E-state index contributed by atoms with van der Waals surface area (Å²) < 4.78 is 2.00. The zero-order valence-electron chi connectivity index (χ0n) is 11.1. The van der Waals surface area contributed by atoms with E-state index in [9.17, 15) is 9.59 Å². The summed E-state index contributed by atoms with van der Waals surface area (Å²) in [6.07, 6.45) is 1.15. The lowest BCUT2D eigenvalue weighted by Gasteiger charge is -2.14. The number of hydrogen-bond acceptors (Lipinski definition) is 3. The van der Waals surface area contributed by atoms with Crippen molar-refractivity contribution >= 4 is 22.9 Å². The van der Waals surface area contributed by atoms with Gasteiger partial charge in [0.05, 0.1) is 22.6 Å². The second kappa shape index (κ2) is 4.63. The lowest BCUT2D eigenvalue weighted by Crippen LogP contribution is -2.16. The Morgan fingerprint density at radius 2 is 2.35 bits per heavy atom. The molecule has 0 aliphatic carbocycles. The third-order valence-corrected chi connectivity index (χ3v) is 3.65. The number of aromatic nitrogens is 2. The molecule has 0 bridgehead atoms. The van der Waals surface area contributed by atoms with Gasteiger partial charge in [0.25, 0.3) is 0 Å². The molecule has 0 spiro atoms. The number of carboxylic acids is 1. The van der Waals surface area contributed by atoms with Gasteiger partial charge in [-0.3, -0.25) is 4.79 Å². The van der Waals surface area contributed by atoms with Gasteiger partial charge in [-0.15, -0.1) is 0 Å². The van der Waals surface area contributed by atoms with Crippen LogP contribution in [0.1, 0.15) is 35.6 Å². The molecule has 1 saturated heterocycles. The summed E-state index contributed by atoms with van der Waals surface area (Å²) in [5.41, 5.74) is 1.79. The Balaban J connectivity index is 2.18. The van der Waals surface area contributed by atoms with Crippen molar-refractivity contribution in [3.63, 3.8) is 0 Å². The third-order valence-electron chi connectivity index (χ3n) is 3.65. The summed E-state index contributed by atoms with van der Waals surface area (Å²) in [6.45, 7) is 2.56. The van der Waals surface area contributed by atoms with Crippen LogP contribution in [0.5, 0.6) is 0 Å². The Bertz CT molecular complexity index is 705. The molecule has 1 amide bonds. The number of rotatable bonds is 3. The topological polar surface area (TPSA) is 84.2 Å². The van der Waals surface area contributed by atoms with Crippen molar-refractivity contribution in [2.75, 3.05) is 6.54 Å². The number of benzene rings is 1. The van der Waals surface area contributed by atoms with Gasteiger partial charge >= 0.3 is 5.97 Å². The summed E-state index contributed by atoms with van der Waals surface area (Å²) in [5.74, 6) is -0.0596. The van der Waals surface area contributed by atoms with Gasteiger partial charge in [-0.05, 0) is 18.2 Å². The molecular formula is C14H15N3O3. The van der Waals surface area contributed by atoms with Gasteiger partial charge in [0.15, 0.2) is 0 Å². The maximum absolute atomic E-state index is 11.4. The molecule has 2 aromatic rings. The molecule has 20 heavy (non-hydrogen) atoms. The lowest BCUT2D eigenvalue weighted by atomic mass is 10.2. The number of carbonyl (C=O) groups excluding carboxylic acids is 1. The first-order chi connectivity index (χ1) is 9.60. The van der Waals surface area contributed by atoms with Crippen molar-refractivity contribution in [3.8, 4) is 0 Å². The third kappa shape index (κ3) is 1.93. The molecule has 1 fully saturated rings. The van der Waals surface area contributed by atoms with Gasteiger partial charge in [0.2, 0.25) is 5.91 Å². The monoisotopic (exact) mass is 273 g/mol. The molecule has 1 unspecified atom stereocenters. The van der Waals surface area contributed by atoms with Crippen molar-refractivity contribution in [1.29, 1.82) is 0 Å². The van der Waals surface area contributed by atoms with E-state index in [2.05, 4.69) is 10.3 Å². The zero-order chi connectivity index (χ0) is 14.3. The van der Waals surface area contributed by atoms with Crippen LogP contribution in [0, 0.1) is 0 Å². The molecule has 3 rings (SSSR count). The normalized spacial score (nSPS) is 18.4. The van der Waals surface area contributed by atoms with Gasteiger partial charge < -0.3 is 15.0 Å². The number of nitrogens with one attached hydrogen (secondary N) is 1. The first kappa shape index (κ1) is 12.7. The average molecular weight is 273 g/mol. The van der Waals surface area contributed by atoms with Crippen molar-refractivity contribution < 1.29 is 14.7 Å². The Kier molecular flexibility index (Phi) is 2.93. The molecule has 1 aliphatic heterocycles. The minimum atomic E-state index is -0.960. The van der Waals surface area contributed by atoms with Crippen LogP contribution in [0.25, 0.3) is 11.0 Å². The number of nitrogens with zero attached hydrogens (tertiary/aromatic N) is 2. The fourth-order valence-corrected chi connectivity index (χ4v) is 2.71. The highest BCUT2D eigenvalue weighted by Crippen LogP contribution is 2.26. The second-order valence-electron chi connectivity index (χ2n) is 4.92. The molecule has 0 radical (unpaired) electrons. The molecule has 2 heterocycles. The molecule has 1 aliphatic rings. The fraction of sp³-hybridized carbons (Fsp3) is 0.357. The van der Waals surface area contributed by atoms with Crippen LogP contribution >= 0.6 is 0 Å². The van der Waals surface area contributed by atoms with Crippen molar-refractivity contribution in [3.05, 3.63) is 29.6 Å². The van der Waals surface area contributed by atoms with Gasteiger partial charge in [-0.2, -0.15) is 0 Å². The van der Waals surface area contributed by atoms with Crippen LogP contribution in [0.4, 0.5) is 0 Å². The van der Waals surface area contributed by atoms with Crippen molar-refractivity contribution in [1.82, 2.24) is 14.9 Å². The highest BCUT2D eigenvalue weighted by Gasteiger charge is 2.26. The molecule has 6 heteroatoms. The van der Waals surface area contributed by atoms with E-state index in [0.29, 0.717) is 13.0 Å². The summed E-state index contributed by atoms with van der Waals surface area (Å²) in [5, 5.41) is 11.9. The molecule has 1 atom stereocenters. The maximum Gasteiger partial charge on any atom is 0.335 e. The van der Waals surface area contributed by atoms with E-state index in [4.69, 9.17) is 5.11 Å². The summed E-state index contributed by atoms with van der Waals surface area (Å²) >= 11 is 0. The molecule has 1 aromatic heterocycles. The smallest absolute Gasteiger partial charge is 0.335 e. The number of aryl methyl sites for hydroxylation is 1. The molecule has 1 aromatic carbocycles. The largest absolute Gasteiger partial charge is 0.478 e. The number of imidazole rings is 1. The van der Waals surface area contributed by atoms with Gasteiger partial charge in [-0.25, -0.2) is 9.78 Å². The van der Waals surface area contributed by atoms with E-state index in [1.165, 1.54) is 0 Å². The van der Waals surface area contributed by atoms with E-state index in [0.717, 1.165) is 23.3 Å². The number of fused-ring (bicyclic) bond motifs is 1. The highest BCUT2D eigenvalue weighted by atomic mass is 16.4. The molecule has 2 N–H and O–H groups in total. The van der Waals surface area contributed by atoms with Gasteiger partial charge in [-0.1, -0.05) is 6.92 Å². The fourth-order valence-electron chi connectivity index (χ4n) is 2.71. The lowest BCUT2D eigenvalue weighted by molar-refractivity contribution is -0.119. The van der Waals surface area contributed by atoms with Crippen molar-refractivity contribution in [2.45, 2.75) is 25.8 Å². The predicted octanol–water partition coefficient (Wildman–Crippen LogP) is 1.36. The minimum Gasteiger partial charge on any atom is -0.478 e. The highest BCUT2D eigenvalue weighted by molar-refractivity contribution is 5.92. The number of aromatic carboxylic acids is 1. The summed E-state index contributed by atoms with van der Waals surface area (Å²) in [7, 11) is 0. The van der Waals surface area contributed by atoms with E-state index >= 15 is 0 Å². The average Bonchev–Trinajstić information content (AvgIpc) is 3.00. The first-order valence-electron chi connectivity index (χ1n) is 6.61. The van der Waals surface area contributed by atoms with Crippen LogP contribution < -0.4 is 5.32 Å². The van der Waals surface area contributed by atoms with Crippen LogP contribution in [-0.4, -0.2) is 33.1 Å². The molecule has 104 valence electrons. The summed E-state index contributed by atoms with van der Waals surface area (Å²) in [4.78, 5) is 27.1. The SMILES string of the molecule is CCc1nc2ccc(C(=O)O)cc2n1C1CNC(=O)C1. The van der Waals surface area contributed by atoms with Crippen LogP contribution in [-0.2, 0) is 11.2 Å². The second-order valence-corrected chi connectivity index (χ2v) is 4.92. The number of carboxylic acid groups (broad SMARTS) is 1. The van der Waals surface area contributed by atoms with Crippen molar-refractivity contribution in [2.24, 2.45) is 0 Å². The first-order valence-corrected chi connectivity index (χ1v) is 6.61. The van der Waals surface area contributed by atoms with E-state index in [1.807, 2.05) is 11.5 Å². The number of amides is 1. The van der Waals surface area contributed by atoms with E-state index in [1.54, 1.807) is 18.2 Å². The van der Waals surface area contributed by atoms with Crippen LogP contribution in [0.3, 0.4) is 0 Å². The molecular weight excluding hydrogens is 258 g/mol. The van der Waals surface area contributed by atoms with Crippen LogP contribution in [0.2, 0.25) is 0 Å². The summed E-state index contributed by atoms with van der Waals surface area (Å²) in [6, 6.07) is 4.91. The maximum atomic E-state index is 11.4. The number of carbonyl (C=O) groups is 2. The zero-order valence-corrected chi connectivity index (χ0v) is 11.1. The van der Waals surface area contributed by atoms with Gasteiger partial charge in [0, 0.05) is 19.4 Å². The Labute approximate surface area is 115 Å². The van der Waals surface area contributed by atoms with Gasteiger partial charge in [0.1, 0.15) is 5.82 Å². The Hall–Kier alpha value is -2.37. The van der Waals surface area contributed by atoms with E-state index in [-0.39, 0.29) is 17.5 Å². The molecule has 0 saturated carbocycles.